The van der Waals surface area contributed by atoms with E-state index in [-0.39, 0.29) is 6.42 Å². The Morgan fingerprint density at radius 1 is 1.50 bits per heavy atom. The molecule has 5 nitrogen and oxygen atoms in total. The first-order valence-electron chi connectivity index (χ1n) is 6.97. The summed E-state index contributed by atoms with van der Waals surface area (Å²) in [5, 5.41) is 17.9. The molecule has 0 saturated heterocycles. The van der Waals surface area contributed by atoms with E-state index >= 15 is 0 Å². The summed E-state index contributed by atoms with van der Waals surface area (Å²) < 4.78 is 0. The van der Waals surface area contributed by atoms with Crippen LogP contribution in [0.15, 0.2) is 6.07 Å². The highest BCUT2D eigenvalue weighted by molar-refractivity contribution is 5.66. The summed E-state index contributed by atoms with van der Waals surface area (Å²) in [6.07, 6.45) is 4.96. The van der Waals surface area contributed by atoms with E-state index in [1.54, 1.807) is 0 Å². The van der Waals surface area contributed by atoms with E-state index in [0.717, 1.165) is 31.4 Å². The molecular weight excluding hydrogens is 254 g/mol. The molecule has 0 atom stereocenters. The van der Waals surface area contributed by atoms with Crippen molar-refractivity contribution in [2.45, 2.75) is 38.5 Å². The lowest BCUT2D eigenvalue weighted by molar-refractivity contribution is -0.137. The van der Waals surface area contributed by atoms with Gasteiger partial charge < -0.3 is 10.0 Å². The number of carbonyl (C=O) groups is 1. The normalized spacial score (nSPS) is 13.4. The summed E-state index contributed by atoms with van der Waals surface area (Å²) in [4.78, 5) is 17.1. The van der Waals surface area contributed by atoms with Crippen molar-refractivity contribution in [2.75, 3.05) is 18.5 Å². The van der Waals surface area contributed by atoms with Gasteiger partial charge in [0.1, 0.15) is 11.9 Å². The first-order chi connectivity index (χ1) is 9.61. The molecule has 20 heavy (non-hydrogen) atoms. The van der Waals surface area contributed by atoms with E-state index in [0.29, 0.717) is 24.3 Å². The smallest absolute Gasteiger partial charge is 0.303 e. The van der Waals surface area contributed by atoms with Crippen LogP contribution in [0, 0.1) is 11.3 Å². The minimum atomic E-state index is -0.794. The van der Waals surface area contributed by atoms with Crippen LogP contribution >= 0.6 is 0 Å². The van der Waals surface area contributed by atoms with Crippen LogP contribution in [0.4, 0.5) is 5.82 Å². The second-order valence-corrected chi connectivity index (χ2v) is 5.20. The Bertz CT molecular complexity index is 549. The zero-order chi connectivity index (χ0) is 14.5. The number of pyridine rings is 1. The zero-order valence-corrected chi connectivity index (χ0v) is 11.7. The molecule has 1 heterocycles. The predicted molar refractivity (Wildman–Crippen MR) is 75.7 cm³/mol. The standard InChI is InChI=1S/C15H19N3O2/c1-18(8-4-7-14(19)20)15-12(10-16)9-11-5-2-3-6-13(11)17-15/h9H,2-8H2,1H3,(H,19,20). The molecule has 1 N–H and O–H groups in total. The number of carboxylic acid groups (broad SMARTS) is 1. The van der Waals surface area contributed by atoms with Crippen molar-refractivity contribution in [3.8, 4) is 6.07 Å². The van der Waals surface area contributed by atoms with E-state index in [2.05, 4.69) is 11.1 Å². The van der Waals surface area contributed by atoms with Gasteiger partial charge in [-0.05, 0) is 43.7 Å². The molecule has 1 aromatic rings. The largest absolute Gasteiger partial charge is 0.481 e. The van der Waals surface area contributed by atoms with Crippen LogP contribution in [0.1, 0.15) is 42.5 Å². The molecule has 0 unspecified atom stereocenters. The fraction of sp³-hybridized carbons (Fsp3) is 0.533. The molecule has 0 aliphatic heterocycles. The Morgan fingerprint density at radius 2 is 2.25 bits per heavy atom. The van der Waals surface area contributed by atoms with Crippen molar-refractivity contribution in [2.24, 2.45) is 0 Å². The van der Waals surface area contributed by atoms with Gasteiger partial charge in [0.2, 0.25) is 0 Å². The van der Waals surface area contributed by atoms with E-state index in [9.17, 15) is 10.1 Å². The van der Waals surface area contributed by atoms with Crippen LogP contribution in [-0.4, -0.2) is 29.7 Å². The van der Waals surface area contributed by atoms with Gasteiger partial charge in [0.25, 0.3) is 0 Å². The van der Waals surface area contributed by atoms with Gasteiger partial charge in [-0.1, -0.05) is 0 Å². The van der Waals surface area contributed by atoms with Crippen molar-refractivity contribution < 1.29 is 9.90 Å². The van der Waals surface area contributed by atoms with Gasteiger partial charge in [-0.3, -0.25) is 4.79 Å². The van der Waals surface area contributed by atoms with E-state index in [4.69, 9.17) is 5.11 Å². The average molecular weight is 273 g/mol. The van der Waals surface area contributed by atoms with Crippen LogP contribution in [-0.2, 0) is 17.6 Å². The van der Waals surface area contributed by atoms with E-state index in [1.165, 1.54) is 5.56 Å². The van der Waals surface area contributed by atoms with Crippen molar-refractivity contribution in [1.82, 2.24) is 4.98 Å². The van der Waals surface area contributed by atoms with Crippen LogP contribution in [0.5, 0.6) is 0 Å². The van der Waals surface area contributed by atoms with Gasteiger partial charge in [0.05, 0.1) is 5.56 Å². The maximum atomic E-state index is 10.5. The zero-order valence-electron chi connectivity index (χ0n) is 11.7. The molecule has 0 saturated carbocycles. The molecule has 106 valence electrons. The monoisotopic (exact) mass is 273 g/mol. The molecule has 1 aliphatic carbocycles. The van der Waals surface area contributed by atoms with Crippen LogP contribution < -0.4 is 4.90 Å². The molecule has 1 aromatic heterocycles. The number of hydrogen-bond acceptors (Lipinski definition) is 4. The van der Waals surface area contributed by atoms with Crippen LogP contribution in [0.25, 0.3) is 0 Å². The minimum absolute atomic E-state index is 0.136. The molecular formula is C15H19N3O2. The third kappa shape index (κ3) is 3.27. The third-order valence-electron chi connectivity index (χ3n) is 3.65. The van der Waals surface area contributed by atoms with E-state index < -0.39 is 5.97 Å². The lowest BCUT2D eigenvalue weighted by atomic mass is 9.95. The number of carboxylic acids is 1. The van der Waals surface area contributed by atoms with Crippen LogP contribution in [0.2, 0.25) is 0 Å². The lowest BCUT2D eigenvalue weighted by Gasteiger charge is -2.23. The number of nitrogens with zero attached hydrogens (tertiary/aromatic N) is 3. The van der Waals surface area contributed by atoms with Gasteiger partial charge in [0, 0.05) is 25.7 Å². The Balaban J connectivity index is 2.17. The second kappa shape index (κ2) is 6.38. The molecule has 0 radical (unpaired) electrons. The Kier molecular flexibility index (Phi) is 4.57. The highest BCUT2D eigenvalue weighted by Gasteiger charge is 2.17. The van der Waals surface area contributed by atoms with Gasteiger partial charge in [-0.2, -0.15) is 5.26 Å². The van der Waals surface area contributed by atoms with Gasteiger partial charge in [-0.15, -0.1) is 0 Å². The molecule has 0 amide bonds. The van der Waals surface area contributed by atoms with Crippen LogP contribution in [0.3, 0.4) is 0 Å². The van der Waals surface area contributed by atoms with Gasteiger partial charge in [-0.25, -0.2) is 4.98 Å². The molecule has 2 rings (SSSR count). The average Bonchev–Trinajstić information content (AvgIpc) is 2.45. The number of anilines is 1. The molecule has 1 aliphatic rings. The fourth-order valence-electron chi connectivity index (χ4n) is 2.57. The molecule has 0 spiro atoms. The van der Waals surface area contributed by atoms with Crippen molar-refractivity contribution in [1.29, 1.82) is 5.26 Å². The quantitative estimate of drug-likeness (QED) is 0.889. The maximum absolute atomic E-state index is 10.5. The molecule has 0 fully saturated rings. The fourth-order valence-corrected chi connectivity index (χ4v) is 2.57. The summed E-state index contributed by atoms with van der Waals surface area (Å²) >= 11 is 0. The number of aryl methyl sites for hydroxylation is 2. The Morgan fingerprint density at radius 3 is 2.95 bits per heavy atom. The van der Waals surface area contributed by atoms with Gasteiger partial charge >= 0.3 is 5.97 Å². The first-order valence-corrected chi connectivity index (χ1v) is 6.97. The number of fused-ring (bicyclic) bond motifs is 1. The number of hydrogen-bond donors (Lipinski definition) is 1. The van der Waals surface area contributed by atoms with Crippen molar-refractivity contribution in [3.05, 3.63) is 22.9 Å². The maximum Gasteiger partial charge on any atom is 0.303 e. The molecule has 5 heteroatoms. The summed E-state index contributed by atoms with van der Waals surface area (Å²) in [6, 6.07) is 4.15. The minimum Gasteiger partial charge on any atom is -0.481 e. The topological polar surface area (TPSA) is 77.2 Å². The number of aromatic nitrogens is 1. The molecule has 0 aromatic carbocycles. The summed E-state index contributed by atoms with van der Waals surface area (Å²) in [6.45, 7) is 0.590. The number of rotatable bonds is 5. The Hall–Kier alpha value is -2.09. The predicted octanol–water partition coefficient (Wildman–Crippen LogP) is 2.13. The lowest BCUT2D eigenvalue weighted by Crippen LogP contribution is -2.23. The summed E-state index contributed by atoms with van der Waals surface area (Å²) in [7, 11) is 1.86. The number of aliphatic carboxylic acids is 1. The first kappa shape index (κ1) is 14.3. The Labute approximate surface area is 118 Å². The van der Waals surface area contributed by atoms with E-state index in [1.807, 2.05) is 18.0 Å². The van der Waals surface area contributed by atoms with Gasteiger partial charge in [0.15, 0.2) is 0 Å². The summed E-state index contributed by atoms with van der Waals surface area (Å²) in [5.74, 6) is -0.115. The second-order valence-electron chi connectivity index (χ2n) is 5.20. The molecule has 0 bridgehead atoms. The highest BCUT2D eigenvalue weighted by Crippen LogP contribution is 2.26. The number of nitriles is 1. The van der Waals surface area contributed by atoms with Crippen molar-refractivity contribution in [3.63, 3.8) is 0 Å². The summed E-state index contributed by atoms with van der Waals surface area (Å²) in [5.41, 5.74) is 2.87. The SMILES string of the molecule is CN(CCCC(=O)O)c1nc2c(cc1C#N)CCCC2. The third-order valence-corrected chi connectivity index (χ3v) is 3.65. The van der Waals surface area contributed by atoms with Crippen molar-refractivity contribution >= 4 is 11.8 Å². The highest BCUT2D eigenvalue weighted by atomic mass is 16.4.